The van der Waals surface area contributed by atoms with Crippen LogP contribution in [0.25, 0.3) is 10.7 Å². The molecule has 0 aromatic carbocycles. The zero-order chi connectivity index (χ0) is 18.5. The van der Waals surface area contributed by atoms with Gasteiger partial charge in [0.05, 0.1) is 11.4 Å². The number of hydrogen-bond donors (Lipinski definition) is 1. The fourth-order valence-electron chi connectivity index (χ4n) is 2.03. The number of nitrogens with zero attached hydrogens (tertiary/aromatic N) is 4. The molecule has 0 radical (unpaired) electrons. The summed E-state index contributed by atoms with van der Waals surface area (Å²) in [6.07, 6.45) is 3.64. The standard InChI is InChI=1S/C17H15N5O3S/c1-10-13(26-15(21-10)12-6-3-4-7-18-12)16(24)25-11(2)14(23)22-17-19-8-5-9-20-17/h3-9,11H,1-2H3,(H,19,20,22,23). The molecule has 26 heavy (non-hydrogen) atoms. The minimum absolute atomic E-state index is 0.145. The number of esters is 1. The summed E-state index contributed by atoms with van der Waals surface area (Å²) in [5.41, 5.74) is 1.20. The molecule has 0 aliphatic carbocycles. The van der Waals surface area contributed by atoms with Crippen molar-refractivity contribution in [3.05, 3.63) is 53.4 Å². The highest BCUT2D eigenvalue weighted by molar-refractivity contribution is 7.17. The Morgan fingerprint density at radius 1 is 1.12 bits per heavy atom. The normalized spacial score (nSPS) is 11.6. The number of nitrogens with one attached hydrogen (secondary N) is 1. The predicted molar refractivity (Wildman–Crippen MR) is 95.6 cm³/mol. The first kappa shape index (κ1) is 17.6. The second kappa shape index (κ2) is 7.79. The second-order valence-corrected chi connectivity index (χ2v) is 6.26. The monoisotopic (exact) mass is 369 g/mol. The van der Waals surface area contributed by atoms with Crippen LogP contribution in [0.3, 0.4) is 0 Å². The minimum atomic E-state index is -1.01. The molecule has 0 aliphatic heterocycles. The first-order valence-electron chi connectivity index (χ1n) is 7.72. The summed E-state index contributed by atoms with van der Waals surface area (Å²) in [4.78, 5) is 41.2. The summed E-state index contributed by atoms with van der Waals surface area (Å²) in [5, 5.41) is 3.10. The van der Waals surface area contributed by atoms with Gasteiger partial charge in [0, 0.05) is 18.6 Å². The SMILES string of the molecule is Cc1nc(-c2ccccn2)sc1C(=O)OC(C)C(=O)Nc1ncccn1. The van der Waals surface area contributed by atoms with E-state index in [1.165, 1.54) is 30.7 Å². The van der Waals surface area contributed by atoms with E-state index in [0.717, 1.165) is 0 Å². The molecular weight excluding hydrogens is 354 g/mol. The van der Waals surface area contributed by atoms with Crippen LogP contribution in [0.15, 0.2) is 42.9 Å². The van der Waals surface area contributed by atoms with Gasteiger partial charge in [0.15, 0.2) is 6.10 Å². The average Bonchev–Trinajstić information content (AvgIpc) is 3.05. The summed E-state index contributed by atoms with van der Waals surface area (Å²) in [6, 6.07) is 7.08. The molecule has 0 bridgehead atoms. The summed E-state index contributed by atoms with van der Waals surface area (Å²) in [7, 11) is 0. The van der Waals surface area contributed by atoms with Crippen LogP contribution in [-0.2, 0) is 9.53 Å². The van der Waals surface area contributed by atoms with E-state index in [0.29, 0.717) is 21.3 Å². The maximum Gasteiger partial charge on any atom is 0.351 e. The van der Waals surface area contributed by atoms with E-state index in [-0.39, 0.29) is 5.95 Å². The fraction of sp³-hybridized carbons (Fsp3) is 0.176. The molecule has 0 saturated carbocycles. The van der Waals surface area contributed by atoms with E-state index in [1.807, 2.05) is 12.1 Å². The third-order valence-corrected chi connectivity index (χ3v) is 4.48. The van der Waals surface area contributed by atoms with Gasteiger partial charge in [-0.1, -0.05) is 6.07 Å². The molecule has 0 fully saturated rings. The van der Waals surface area contributed by atoms with Crippen molar-refractivity contribution in [2.75, 3.05) is 5.32 Å². The van der Waals surface area contributed by atoms with E-state index in [2.05, 4.69) is 25.3 Å². The van der Waals surface area contributed by atoms with Crippen molar-refractivity contribution < 1.29 is 14.3 Å². The number of pyridine rings is 1. The van der Waals surface area contributed by atoms with Crippen molar-refractivity contribution in [1.82, 2.24) is 19.9 Å². The van der Waals surface area contributed by atoms with Crippen molar-refractivity contribution in [3.63, 3.8) is 0 Å². The van der Waals surface area contributed by atoms with Gasteiger partial charge in [0.2, 0.25) is 5.95 Å². The van der Waals surface area contributed by atoms with Crippen molar-refractivity contribution in [3.8, 4) is 10.7 Å². The number of aromatic nitrogens is 4. The van der Waals surface area contributed by atoms with E-state index in [4.69, 9.17) is 4.74 Å². The molecule has 1 N–H and O–H groups in total. The molecule has 0 aliphatic rings. The molecule has 3 rings (SSSR count). The highest BCUT2D eigenvalue weighted by Crippen LogP contribution is 2.27. The Labute approximate surface area is 153 Å². The highest BCUT2D eigenvalue weighted by Gasteiger charge is 2.23. The van der Waals surface area contributed by atoms with Gasteiger partial charge >= 0.3 is 5.97 Å². The predicted octanol–water partition coefficient (Wildman–Crippen LogP) is 2.49. The number of amides is 1. The maximum atomic E-state index is 12.4. The summed E-state index contributed by atoms with van der Waals surface area (Å²) >= 11 is 1.17. The summed E-state index contributed by atoms with van der Waals surface area (Å²) in [6.45, 7) is 3.19. The van der Waals surface area contributed by atoms with Gasteiger partial charge in [-0.05, 0) is 32.0 Å². The summed E-state index contributed by atoms with van der Waals surface area (Å²) in [5.74, 6) is -0.984. The zero-order valence-electron chi connectivity index (χ0n) is 14.0. The third kappa shape index (κ3) is 4.06. The van der Waals surface area contributed by atoms with Crippen LogP contribution in [0.5, 0.6) is 0 Å². The van der Waals surface area contributed by atoms with Crippen LogP contribution in [0.1, 0.15) is 22.3 Å². The smallest absolute Gasteiger partial charge is 0.351 e. The molecule has 1 atom stereocenters. The van der Waals surface area contributed by atoms with E-state index in [1.54, 1.807) is 25.3 Å². The number of rotatable bonds is 5. The number of carbonyl (C=O) groups is 2. The van der Waals surface area contributed by atoms with E-state index >= 15 is 0 Å². The van der Waals surface area contributed by atoms with Crippen molar-refractivity contribution >= 4 is 29.2 Å². The van der Waals surface area contributed by atoms with Crippen LogP contribution in [-0.4, -0.2) is 37.9 Å². The molecular formula is C17H15N5O3S. The number of carbonyl (C=O) groups excluding carboxylic acids is 2. The first-order valence-corrected chi connectivity index (χ1v) is 8.54. The van der Waals surface area contributed by atoms with Crippen LogP contribution >= 0.6 is 11.3 Å². The molecule has 132 valence electrons. The largest absolute Gasteiger partial charge is 0.448 e. The van der Waals surface area contributed by atoms with Gasteiger partial charge in [-0.15, -0.1) is 11.3 Å². The lowest BCUT2D eigenvalue weighted by Gasteiger charge is -2.12. The lowest BCUT2D eigenvalue weighted by Crippen LogP contribution is -2.30. The highest BCUT2D eigenvalue weighted by atomic mass is 32.1. The molecule has 1 amide bonds. The second-order valence-electron chi connectivity index (χ2n) is 5.26. The molecule has 0 saturated heterocycles. The quantitative estimate of drug-likeness (QED) is 0.689. The van der Waals surface area contributed by atoms with E-state index in [9.17, 15) is 9.59 Å². The molecule has 0 spiro atoms. The Hall–Kier alpha value is -3.20. The number of aryl methyl sites for hydroxylation is 1. The molecule has 3 aromatic heterocycles. The van der Waals surface area contributed by atoms with Gasteiger partial charge in [-0.2, -0.15) is 0 Å². The Morgan fingerprint density at radius 3 is 2.54 bits per heavy atom. The lowest BCUT2D eigenvalue weighted by molar-refractivity contribution is -0.123. The molecule has 1 unspecified atom stereocenters. The summed E-state index contributed by atoms with van der Waals surface area (Å²) < 4.78 is 5.24. The van der Waals surface area contributed by atoms with Crippen LogP contribution in [0.4, 0.5) is 5.95 Å². The number of ether oxygens (including phenoxy) is 1. The minimum Gasteiger partial charge on any atom is -0.448 e. The Bertz CT molecular complexity index is 915. The van der Waals surface area contributed by atoms with Gasteiger partial charge in [-0.3, -0.25) is 15.1 Å². The zero-order valence-corrected chi connectivity index (χ0v) is 14.9. The molecule has 3 heterocycles. The third-order valence-electron chi connectivity index (χ3n) is 3.32. The number of thiazole rings is 1. The van der Waals surface area contributed by atoms with Crippen molar-refractivity contribution in [2.45, 2.75) is 20.0 Å². The molecule has 3 aromatic rings. The van der Waals surface area contributed by atoms with Crippen LogP contribution < -0.4 is 5.32 Å². The maximum absolute atomic E-state index is 12.4. The van der Waals surface area contributed by atoms with Gasteiger partial charge < -0.3 is 4.74 Å². The van der Waals surface area contributed by atoms with Gasteiger partial charge in [0.25, 0.3) is 5.91 Å². The van der Waals surface area contributed by atoms with Gasteiger partial charge in [0.1, 0.15) is 9.88 Å². The van der Waals surface area contributed by atoms with Crippen molar-refractivity contribution in [1.29, 1.82) is 0 Å². The fourth-order valence-corrected chi connectivity index (χ4v) is 2.95. The Balaban J connectivity index is 1.68. The van der Waals surface area contributed by atoms with E-state index < -0.39 is 18.0 Å². The molecule has 9 heteroatoms. The van der Waals surface area contributed by atoms with Crippen molar-refractivity contribution in [2.24, 2.45) is 0 Å². The lowest BCUT2D eigenvalue weighted by atomic mass is 10.3. The van der Waals surface area contributed by atoms with Gasteiger partial charge in [-0.25, -0.2) is 19.7 Å². The molecule has 8 nitrogen and oxygen atoms in total. The topological polar surface area (TPSA) is 107 Å². The van der Waals surface area contributed by atoms with Crippen LogP contribution in [0, 0.1) is 6.92 Å². The first-order chi connectivity index (χ1) is 12.5. The number of hydrogen-bond acceptors (Lipinski definition) is 8. The number of anilines is 1. The Morgan fingerprint density at radius 2 is 1.85 bits per heavy atom. The van der Waals surface area contributed by atoms with Crippen LogP contribution in [0.2, 0.25) is 0 Å². The Kier molecular flexibility index (Phi) is 5.28. The average molecular weight is 369 g/mol.